The van der Waals surface area contributed by atoms with Crippen LogP contribution in [0.3, 0.4) is 0 Å². The van der Waals surface area contributed by atoms with Crippen LogP contribution < -0.4 is 9.64 Å². The normalized spacial score (nSPS) is 18.1. The number of anilines is 1. The average molecular weight is 514 g/mol. The second-order valence-electron chi connectivity index (χ2n) is 8.69. The van der Waals surface area contributed by atoms with E-state index in [2.05, 4.69) is 19.9 Å². The molecular weight excluding hydrogens is 485 g/mol. The molecule has 5 rings (SSSR count). The van der Waals surface area contributed by atoms with E-state index in [-0.39, 0.29) is 11.8 Å². The van der Waals surface area contributed by atoms with Crippen molar-refractivity contribution in [2.75, 3.05) is 37.7 Å². The highest BCUT2D eigenvalue weighted by Gasteiger charge is 2.33. The van der Waals surface area contributed by atoms with Crippen molar-refractivity contribution < 1.29 is 9.53 Å². The van der Waals surface area contributed by atoms with Gasteiger partial charge < -0.3 is 14.5 Å². The number of likely N-dealkylation sites (tertiary alicyclic amines) is 1. The summed E-state index contributed by atoms with van der Waals surface area (Å²) in [5, 5.41) is 1.39. The van der Waals surface area contributed by atoms with Gasteiger partial charge in [0.05, 0.1) is 11.6 Å². The van der Waals surface area contributed by atoms with Gasteiger partial charge in [-0.05, 0) is 43.5 Å². The van der Waals surface area contributed by atoms with Crippen molar-refractivity contribution in [3.8, 4) is 5.88 Å². The lowest BCUT2D eigenvalue weighted by molar-refractivity contribution is -0.135. The molecule has 4 heterocycles. The first-order chi connectivity index (χ1) is 17.1. The fourth-order valence-electron chi connectivity index (χ4n) is 4.32. The maximum Gasteiger partial charge on any atom is 0.225 e. The fraction of sp³-hybridized carbons (Fsp3) is 0.385. The Labute approximate surface area is 216 Å². The van der Waals surface area contributed by atoms with Gasteiger partial charge in [0.15, 0.2) is 0 Å². The number of ether oxygens (including phenoxy) is 1. The average Bonchev–Trinajstić information content (AvgIpc) is 3.39. The molecule has 0 radical (unpaired) electrons. The van der Waals surface area contributed by atoms with E-state index in [9.17, 15) is 4.79 Å². The van der Waals surface area contributed by atoms with E-state index in [0.29, 0.717) is 23.4 Å². The van der Waals surface area contributed by atoms with Crippen LogP contribution in [0.2, 0.25) is 10.0 Å². The number of piperidine rings is 1. The molecule has 7 nitrogen and oxygen atoms in total. The lowest BCUT2D eigenvalue weighted by Crippen LogP contribution is -2.42. The van der Waals surface area contributed by atoms with E-state index in [0.717, 1.165) is 56.3 Å². The van der Waals surface area contributed by atoms with E-state index in [1.54, 1.807) is 30.9 Å². The summed E-state index contributed by atoms with van der Waals surface area (Å²) in [6, 6.07) is 14.9. The van der Waals surface area contributed by atoms with Crippen molar-refractivity contribution in [3.05, 3.63) is 77.3 Å². The van der Waals surface area contributed by atoms with Gasteiger partial charge in [-0.25, -0.2) is 15.0 Å². The lowest BCUT2D eigenvalue weighted by Gasteiger charge is -2.33. The minimum absolute atomic E-state index is 0.107. The molecule has 1 atom stereocenters. The number of benzene rings is 1. The summed E-state index contributed by atoms with van der Waals surface area (Å²) in [5.41, 5.74) is 0. The Kier molecular flexibility index (Phi) is 9.15. The minimum Gasteiger partial charge on any atom is -0.477 e. The van der Waals surface area contributed by atoms with E-state index >= 15 is 0 Å². The van der Waals surface area contributed by atoms with Crippen molar-refractivity contribution in [3.63, 3.8) is 0 Å². The number of nitrogens with zero attached hydrogens (tertiary/aromatic N) is 5. The number of hydrogen-bond acceptors (Lipinski definition) is 6. The Balaban J connectivity index is 0.000000356. The van der Waals surface area contributed by atoms with Crippen LogP contribution >= 0.6 is 23.2 Å². The van der Waals surface area contributed by atoms with Crippen molar-refractivity contribution in [2.45, 2.75) is 19.3 Å². The predicted molar refractivity (Wildman–Crippen MR) is 138 cm³/mol. The summed E-state index contributed by atoms with van der Waals surface area (Å²) < 4.78 is 5.76. The third-order valence-corrected chi connectivity index (χ3v) is 6.71. The standard InChI is InChI=1S/C20H24ClN5O2.C6H5Cl/c21-17-1-2-19(23-11-17)28-13-15-4-8-26(12-15)20(27)16-5-9-25(10-6-16)18-3-7-22-14-24-18;7-6-4-2-1-3-5-6/h1-3,7,11,14-16H,4-6,8-10,12-13H2;1-5H. The van der Waals surface area contributed by atoms with Crippen LogP contribution in [0.15, 0.2) is 67.3 Å². The van der Waals surface area contributed by atoms with Gasteiger partial charge in [0, 0.05) is 61.5 Å². The number of halogens is 2. The van der Waals surface area contributed by atoms with Gasteiger partial charge in [-0.2, -0.15) is 0 Å². The Bertz CT molecular complexity index is 1050. The Morgan fingerprint density at radius 3 is 2.37 bits per heavy atom. The summed E-state index contributed by atoms with van der Waals surface area (Å²) in [4.78, 5) is 29.6. The van der Waals surface area contributed by atoms with E-state index in [1.807, 2.05) is 41.3 Å². The first kappa shape index (κ1) is 25.2. The Hall–Kier alpha value is -2.90. The van der Waals surface area contributed by atoms with Crippen LogP contribution in [0.25, 0.3) is 0 Å². The molecule has 1 amide bonds. The highest BCUT2D eigenvalue weighted by Crippen LogP contribution is 2.26. The summed E-state index contributed by atoms with van der Waals surface area (Å²) in [5.74, 6) is 2.26. The SMILES string of the molecule is Clc1ccccc1.O=C(C1CCN(c2ccncn2)CC1)N1CCC(COc2ccc(Cl)cn2)C1. The topological polar surface area (TPSA) is 71.5 Å². The highest BCUT2D eigenvalue weighted by atomic mass is 35.5. The monoisotopic (exact) mass is 513 g/mol. The second-order valence-corrected chi connectivity index (χ2v) is 9.56. The number of pyridine rings is 1. The van der Waals surface area contributed by atoms with Gasteiger partial charge in [0.1, 0.15) is 12.1 Å². The van der Waals surface area contributed by atoms with Crippen LogP contribution in [0, 0.1) is 11.8 Å². The van der Waals surface area contributed by atoms with Gasteiger partial charge in [0.2, 0.25) is 11.8 Å². The molecule has 0 N–H and O–H groups in total. The molecule has 184 valence electrons. The molecule has 0 aliphatic carbocycles. The molecule has 2 fully saturated rings. The first-order valence-corrected chi connectivity index (χ1v) is 12.6. The Morgan fingerprint density at radius 1 is 0.943 bits per heavy atom. The van der Waals surface area contributed by atoms with E-state index < -0.39 is 0 Å². The summed E-state index contributed by atoms with van der Waals surface area (Å²) in [7, 11) is 0. The van der Waals surface area contributed by atoms with Gasteiger partial charge in [-0.15, -0.1) is 0 Å². The maximum absolute atomic E-state index is 12.9. The highest BCUT2D eigenvalue weighted by molar-refractivity contribution is 6.30. The number of aromatic nitrogens is 3. The van der Waals surface area contributed by atoms with Gasteiger partial charge in [0.25, 0.3) is 0 Å². The van der Waals surface area contributed by atoms with Crippen molar-refractivity contribution in [1.82, 2.24) is 19.9 Å². The van der Waals surface area contributed by atoms with Crippen LogP contribution in [-0.4, -0.2) is 58.5 Å². The van der Waals surface area contributed by atoms with E-state index in [1.165, 1.54) is 0 Å². The molecule has 0 saturated carbocycles. The van der Waals surface area contributed by atoms with Crippen molar-refractivity contribution in [2.24, 2.45) is 11.8 Å². The predicted octanol–water partition coefficient (Wildman–Crippen LogP) is 5.01. The smallest absolute Gasteiger partial charge is 0.225 e. The number of rotatable bonds is 5. The zero-order valence-corrected chi connectivity index (χ0v) is 21.0. The molecule has 2 aliphatic rings. The summed E-state index contributed by atoms with van der Waals surface area (Å²) >= 11 is 11.4. The number of amides is 1. The molecule has 2 aliphatic heterocycles. The van der Waals surface area contributed by atoms with Crippen molar-refractivity contribution >= 4 is 34.9 Å². The van der Waals surface area contributed by atoms with Gasteiger partial charge >= 0.3 is 0 Å². The molecule has 35 heavy (non-hydrogen) atoms. The minimum atomic E-state index is 0.107. The molecule has 0 bridgehead atoms. The van der Waals surface area contributed by atoms with Crippen LogP contribution in [0.1, 0.15) is 19.3 Å². The van der Waals surface area contributed by atoms with Crippen LogP contribution in [0.4, 0.5) is 5.82 Å². The molecule has 0 spiro atoms. The lowest BCUT2D eigenvalue weighted by atomic mass is 9.95. The second kappa shape index (κ2) is 12.7. The molecule has 2 aromatic heterocycles. The Morgan fingerprint density at radius 2 is 1.74 bits per heavy atom. The number of carbonyl (C=O) groups is 1. The molecular formula is C26H29Cl2N5O2. The molecule has 1 aromatic carbocycles. The summed E-state index contributed by atoms with van der Waals surface area (Å²) in [6.07, 6.45) is 7.61. The zero-order chi connectivity index (χ0) is 24.5. The third kappa shape index (κ3) is 7.54. The fourth-order valence-corrected chi connectivity index (χ4v) is 4.58. The quantitative estimate of drug-likeness (QED) is 0.477. The zero-order valence-electron chi connectivity index (χ0n) is 19.5. The van der Waals surface area contributed by atoms with Crippen LogP contribution in [0.5, 0.6) is 5.88 Å². The molecule has 1 unspecified atom stereocenters. The van der Waals surface area contributed by atoms with E-state index in [4.69, 9.17) is 27.9 Å². The third-order valence-electron chi connectivity index (χ3n) is 6.23. The van der Waals surface area contributed by atoms with Gasteiger partial charge in [-0.3, -0.25) is 4.79 Å². The number of carbonyl (C=O) groups excluding carboxylic acids is 1. The molecule has 2 saturated heterocycles. The molecule has 3 aromatic rings. The van der Waals surface area contributed by atoms with Crippen LogP contribution in [-0.2, 0) is 4.79 Å². The largest absolute Gasteiger partial charge is 0.477 e. The maximum atomic E-state index is 12.9. The van der Waals surface area contributed by atoms with Crippen molar-refractivity contribution in [1.29, 1.82) is 0 Å². The summed E-state index contributed by atoms with van der Waals surface area (Å²) in [6.45, 7) is 3.86. The van der Waals surface area contributed by atoms with Gasteiger partial charge in [-0.1, -0.05) is 41.4 Å². The molecule has 9 heteroatoms. The number of hydrogen-bond donors (Lipinski definition) is 0. The first-order valence-electron chi connectivity index (χ1n) is 11.8.